The predicted octanol–water partition coefficient (Wildman–Crippen LogP) is 1.74. The maximum absolute atomic E-state index is 12.5. The fraction of sp³-hybridized carbons (Fsp3) is 0.0714. The van der Waals surface area contributed by atoms with E-state index in [2.05, 4.69) is 20.0 Å². The third kappa shape index (κ3) is 2.86. The summed E-state index contributed by atoms with van der Waals surface area (Å²) in [5.74, 6) is 0.254. The molecule has 3 heterocycles. The first-order valence-electron chi connectivity index (χ1n) is 6.50. The number of pyridine rings is 2. The molecule has 0 radical (unpaired) electrons. The zero-order valence-electron chi connectivity index (χ0n) is 12.0. The Morgan fingerprint density at radius 3 is 2.74 bits per heavy atom. The van der Waals surface area contributed by atoms with Gasteiger partial charge >= 0.3 is 6.09 Å². The Morgan fingerprint density at radius 2 is 2.04 bits per heavy atom. The molecule has 0 aliphatic carbocycles. The van der Waals surface area contributed by atoms with Crippen molar-refractivity contribution in [1.29, 1.82) is 0 Å². The Morgan fingerprint density at radius 1 is 1.22 bits per heavy atom. The minimum absolute atomic E-state index is 0.0348. The quantitative estimate of drug-likeness (QED) is 0.783. The lowest BCUT2D eigenvalue weighted by atomic mass is 10.5. The molecule has 0 bridgehead atoms. The van der Waals surface area contributed by atoms with Crippen LogP contribution in [0.2, 0.25) is 0 Å². The number of carbonyl (C=O) groups excluding carboxylic acids is 1. The van der Waals surface area contributed by atoms with Crippen molar-refractivity contribution in [2.24, 2.45) is 0 Å². The molecule has 0 aliphatic rings. The highest BCUT2D eigenvalue weighted by atomic mass is 32.2. The van der Waals surface area contributed by atoms with E-state index in [1.807, 2.05) is 0 Å². The summed E-state index contributed by atoms with van der Waals surface area (Å²) in [6.45, 7) is 0. The van der Waals surface area contributed by atoms with Crippen molar-refractivity contribution in [2.45, 2.75) is 9.92 Å². The fourth-order valence-electron chi connectivity index (χ4n) is 1.97. The summed E-state index contributed by atoms with van der Waals surface area (Å²) in [5.41, 5.74) is 0.483. The van der Waals surface area contributed by atoms with Crippen molar-refractivity contribution < 1.29 is 17.9 Å². The monoisotopic (exact) mass is 332 g/mol. The van der Waals surface area contributed by atoms with Gasteiger partial charge in [-0.3, -0.25) is 5.32 Å². The number of sulfone groups is 1. The van der Waals surface area contributed by atoms with Gasteiger partial charge in [0, 0.05) is 12.4 Å². The molecule has 0 fully saturated rings. The Labute approximate surface area is 131 Å². The Hall–Kier alpha value is -2.94. The lowest BCUT2D eigenvalue weighted by molar-refractivity contribution is 0.187. The number of methoxy groups -OCH3 is 1. The number of hydrogen-bond donors (Lipinski definition) is 1. The number of fused-ring (bicyclic) bond motifs is 1. The average molecular weight is 332 g/mol. The molecule has 1 amide bonds. The number of nitrogens with one attached hydrogen (secondary N) is 1. The highest BCUT2D eigenvalue weighted by molar-refractivity contribution is 7.91. The van der Waals surface area contributed by atoms with Crippen molar-refractivity contribution in [1.82, 2.24) is 14.4 Å². The first-order chi connectivity index (χ1) is 11.0. The minimum atomic E-state index is -3.72. The van der Waals surface area contributed by atoms with Crippen LogP contribution in [0.15, 0.2) is 58.8 Å². The van der Waals surface area contributed by atoms with Crippen molar-refractivity contribution in [3.63, 3.8) is 0 Å². The normalized spacial score (nSPS) is 11.3. The van der Waals surface area contributed by atoms with Gasteiger partial charge in [-0.2, -0.15) is 0 Å². The number of aromatic nitrogens is 3. The molecule has 3 aromatic rings. The summed E-state index contributed by atoms with van der Waals surface area (Å²) >= 11 is 0. The largest absolute Gasteiger partial charge is 0.453 e. The number of hydrogen-bond acceptors (Lipinski definition) is 6. The molecule has 0 atom stereocenters. The van der Waals surface area contributed by atoms with Crippen LogP contribution in [0.3, 0.4) is 0 Å². The average Bonchev–Trinajstić information content (AvgIpc) is 2.96. The second kappa shape index (κ2) is 5.69. The third-order valence-electron chi connectivity index (χ3n) is 3.06. The van der Waals surface area contributed by atoms with Gasteiger partial charge < -0.3 is 9.14 Å². The number of nitrogens with zero attached hydrogens (tertiary/aromatic N) is 3. The van der Waals surface area contributed by atoms with E-state index in [4.69, 9.17) is 0 Å². The molecule has 23 heavy (non-hydrogen) atoms. The van der Waals surface area contributed by atoms with Crippen molar-refractivity contribution in [2.75, 3.05) is 12.4 Å². The van der Waals surface area contributed by atoms with Gasteiger partial charge in [0.1, 0.15) is 5.65 Å². The summed E-state index contributed by atoms with van der Waals surface area (Å²) in [7, 11) is -2.48. The van der Waals surface area contributed by atoms with Crippen LogP contribution in [-0.4, -0.2) is 36.0 Å². The highest BCUT2D eigenvalue weighted by Crippen LogP contribution is 2.20. The summed E-state index contributed by atoms with van der Waals surface area (Å²) in [6, 6.07) is 7.65. The Balaban J connectivity index is 2.02. The van der Waals surface area contributed by atoms with E-state index in [0.717, 1.165) is 0 Å². The maximum Gasteiger partial charge on any atom is 0.412 e. The summed E-state index contributed by atoms with van der Waals surface area (Å²) < 4.78 is 31.0. The lowest BCUT2D eigenvalue weighted by Gasteiger charge is -2.03. The second-order valence-electron chi connectivity index (χ2n) is 4.54. The van der Waals surface area contributed by atoms with Crippen molar-refractivity contribution in [3.8, 4) is 0 Å². The Bertz CT molecular complexity index is 967. The van der Waals surface area contributed by atoms with Gasteiger partial charge in [-0.25, -0.2) is 23.2 Å². The number of ether oxygens (including phenoxy) is 1. The minimum Gasteiger partial charge on any atom is -0.453 e. The standard InChI is InChI=1S/C14H12N4O4S/c1-22-14(19)17-11-9-18-8-10(5-6-12(18)16-11)23(20,21)13-4-2-3-7-15-13/h2-9H,1H3,(H,17,19). The molecule has 9 heteroatoms. The molecular formula is C14H12N4O4S. The molecule has 0 spiro atoms. The van der Waals surface area contributed by atoms with Gasteiger partial charge in [0.2, 0.25) is 9.84 Å². The molecule has 3 rings (SSSR count). The Kier molecular flexibility index (Phi) is 3.70. The maximum atomic E-state index is 12.5. The number of rotatable bonds is 3. The molecule has 0 unspecified atom stereocenters. The highest BCUT2D eigenvalue weighted by Gasteiger charge is 2.19. The predicted molar refractivity (Wildman–Crippen MR) is 80.9 cm³/mol. The van der Waals surface area contributed by atoms with E-state index in [0.29, 0.717) is 5.65 Å². The van der Waals surface area contributed by atoms with Crippen LogP contribution in [0.25, 0.3) is 5.65 Å². The summed E-state index contributed by atoms with van der Waals surface area (Å²) in [6.07, 6.45) is 3.66. The molecule has 3 aromatic heterocycles. The smallest absolute Gasteiger partial charge is 0.412 e. The number of carbonyl (C=O) groups is 1. The molecule has 0 saturated carbocycles. The van der Waals surface area contributed by atoms with Gasteiger partial charge in [-0.15, -0.1) is 0 Å². The summed E-state index contributed by atoms with van der Waals surface area (Å²) in [5, 5.41) is 2.38. The second-order valence-corrected chi connectivity index (χ2v) is 6.44. The number of amides is 1. The van der Waals surface area contributed by atoms with Gasteiger partial charge in [0.05, 0.1) is 18.2 Å². The molecule has 0 aromatic carbocycles. The van der Waals surface area contributed by atoms with E-state index in [1.54, 1.807) is 12.1 Å². The van der Waals surface area contributed by atoms with E-state index < -0.39 is 15.9 Å². The van der Waals surface area contributed by atoms with Crippen molar-refractivity contribution >= 4 is 27.4 Å². The van der Waals surface area contributed by atoms with Gasteiger partial charge in [0.25, 0.3) is 0 Å². The van der Waals surface area contributed by atoms with Crippen LogP contribution in [-0.2, 0) is 14.6 Å². The third-order valence-corrected chi connectivity index (χ3v) is 4.72. The van der Waals surface area contributed by atoms with Gasteiger partial charge in [-0.1, -0.05) is 6.07 Å². The van der Waals surface area contributed by atoms with Crippen LogP contribution in [0, 0.1) is 0 Å². The molecule has 0 saturated heterocycles. The van der Waals surface area contributed by atoms with E-state index in [1.165, 1.54) is 48.3 Å². The van der Waals surface area contributed by atoms with Crippen molar-refractivity contribution in [3.05, 3.63) is 48.9 Å². The summed E-state index contributed by atoms with van der Waals surface area (Å²) in [4.78, 5) is 19.3. The van der Waals surface area contributed by atoms with Gasteiger partial charge in [-0.05, 0) is 24.3 Å². The van der Waals surface area contributed by atoms with Crippen LogP contribution in [0.5, 0.6) is 0 Å². The van der Waals surface area contributed by atoms with Crippen LogP contribution in [0.1, 0.15) is 0 Å². The SMILES string of the molecule is COC(=O)Nc1cn2cc(S(=O)(=O)c3ccccn3)ccc2n1. The number of imidazole rings is 1. The van der Waals surface area contributed by atoms with E-state index >= 15 is 0 Å². The van der Waals surface area contributed by atoms with E-state index in [-0.39, 0.29) is 15.7 Å². The lowest BCUT2D eigenvalue weighted by Crippen LogP contribution is -2.10. The molecule has 8 nitrogen and oxygen atoms in total. The van der Waals surface area contributed by atoms with Crippen LogP contribution in [0.4, 0.5) is 10.6 Å². The molecule has 0 aliphatic heterocycles. The fourth-order valence-corrected chi connectivity index (χ4v) is 3.17. The molecular weight excluding hydrogens is 320 g/mol. The zero-order valence-corrected chi connectivity index (χ0v) is 12.8. The van der Waals surface area contributed by atoms with Gasteiger partial charge in [0.15, 0.2) is 10.8 Å². The molecule has 1 N–H and O–H groups in total. The van der Waals surface area contributed by atoms with Crippen LogP contribution >= 0.6 is 0 Å². The molecule has 118 valence electrons. The van der Waals surface area contributed by atoms with Crippen LogP contribution < -0.4 is 5.32 Å². The number of anilines is 1. The topological polar surface area (TPSA) is 103 Å². The first-order valence-corrected chi connectivity index (χ1v) is 7.99. The first kappa shape index (κ1) is 15.0. The van der Waals surface area contributed by atoms with E-state index in [9.17, 15) is 13.2 Å². The zero-order chi connectivity index (χ0) is 16.4.